The Morgan fingerprint density at radius 3 is 2.59 bits per heavy atom. The summed E-state index contributed by atoms with van der Waals surface area (Å²) in [5, 5.41) is 4.76. The van der Waals surface area contributed by atoms with Crippen LogP contribution >= 0.6 is 22.9 Å². The van der Waals surface area contributed by atoms with E-state index in [0.29, 0.717) is 28.4 Å². The van der Waals surface area contributed by atoms with Crippen LogP contribution in [0.3, 0.4) is 0 Å². The molecule has 158 valence electrons. The smallest absolute Gasteiger partial charge is 0.296 e. The fourth-order valence-electron chi connectivity index (χ4n) is 3.74. The first-order valence-corrected chi connectivity index (χ1v) is 10.9. The van der Waals surface area contributed by atoms with Crippen molar-refractivity contribution < 1.29 is 4.79 Å². The third-order valence-corrected chi connectivity index (χ3v) is 6.60. The van der Waals surface area contributed by atoms with E-state index in [1.54, 1.807) is 41.3 Å². The molecule has 0 radical (unpaired) electrons. The van der Waals surface area contributed by atoms with Crippen molar-refractivity contribution in [3.05, 3.63) is 108 Å². The molecule has 3 heterocycles. The summed E-state index contributed by atoms with van der Waals surface area (Å²) >= 11 is 7.18. The molecule has 0 aliphatic carbocycles. The number of halogens is 1. The number of amides is 1. The number of carbonyl (C=O) groups is 1. The van der Waals surface area contributed by atoms with Crippen LogP contribution < -0.4 is 20.6 Å². The number of carbonyl (C=O) groups excluding carboxylic acids is 1. The Morgan fingerprint density at radius 1 is 1.06 bits per heavy atom. The molecule has 1 aliphatic rings. The highest BCUT2D eigenvalue weighted by molar-refractivity contribution is 7.15. The van der Waals surface area contributed by atoms with Gasteiger partial charge in [-0.25, -0.2) is 0 Å². The predicted octanol–water partition coefficient (Wildman–Crippen LogP) is 2.21. The number of rotatable bonds is 4. The molecule has 1 aliphatic heterocycles. The molecule has 2 aromatic heterocycles. The minimum Gasteiger partial charge on any atom is -0.304 e. The van der Waals surface area contributed by atoms with Gasteiger partial charge in [-0.2, -0.15) is 14.6 Å². The molecule has 0 bridgehead atoms. The molecule has 5 rings (SSSR count). The molecule has 9 heteroatoms. The van der Waals surface area contributed by atoms with Crippen molar-refractivity contribution in [1.29, 1.82) is 0 Å². The van der Waals surface area contributed by atoms with Gasteiger partial charge in [0.05, 0.1) is 11.3 Å². The first-order valence-electron chi connectivity index (χ1n) is 9.72. The Morgan fingerprint density at radius 2 is 1.81 bits per heavy atom. The van der Waals surface area contributed by atoms with Crippen LogP contribution in [0, 0.1) is 0 Å². The molecule has 0 atom stereocenters. The summed E-state index contributed by atoms with van der Waals surface area (Å²) in [6.07, 6.45) is 1.77. The number of para-hydroxylation sites is 1. The fourth-order valence-corrected chi connectivity index (χ4v) is 4.93. The molecule has 32 heavy (non-hydrogen) atoms. The van der Waals surface area contributed by atoms with Gasteiger partial charge in [0.1, 0.15) is 10.2 Å². The summed E-state index contributed by atoms with van der Waals surface area (Å²) in [6.45, 7) is 4.03. The summed E-state index contributed by atoms with van der Waals surface area (Å²) in [4.78, 5) is 44.8. The third kappa shape index (κ3) is 3.16. The lowest BCUT2D eigenvalue weighted by atomic mass is 10.1. The van der Waals surface area contributed by atoms with E-state index in [2.05, 4.69) is 16.7 Å². The quantitative estimate of drug-likeness (QED) is 0.434. The van der Waals surface area contributed by atoms with Crippen LogP contribution in [0.2, 0.25) is 5.02 Å². The zero-order valence-electron chi connectivity index (χ0n) is 16.6. The molecule has 0 saturated carbocycles. The van der Waals surface area contributed by atoms with E-state index in [9.17, 15) is 14.4 Å². The molecule has 0 spiro atoms. The lowest BCUT2D eigenvalue weighted by Crippen LogP contribution is -2.33. The highest BCUT2D eigenvalue weighted by Gasteiger charge is 2.33. The van der Waals surface area contributed by atoms with E-state index >= 15 is 0 Å². The molecule has 1 amide bonds. The molecular formula is C23H15ClN4O3S. The lowest BCUT2D eigenvalue weighted by molar-refractivity contribution is -0.112. The number of benzene rings is 2. The monoisotopic (exact) mass is 462 g/mol. The standard InChI is InChI=1S/C23H15ClN4O3S/c1-2-11-27-17-10-6-4-8-14(17)18(21(27)30)19-22(31)28-23(32-19)25-20(29)16(26-28)12-13-7-3-5-9-15(13)24/h2-10H,1,11-12H2/b19-18+. The SMILES string of the molecule is C=CCN1C(=O)/C(=c2/sc3nc(=O)c(Cc4ccccc4Cl)nn3c2=O)c2ccccc21. The van der Waals surface area contributed by atoms with Crippen LogP contribution in [-0.4, -0.2) is 27.0 Å². The summed E-state index contributed by atoms with van der Waals surface area (Å²) in [6, 6.07) is 14.4. The second-order valence-corrected chi connectivity index (χ2v) is 8.54. The molecule has 7 nitrogen and oxygen atoms in total. The number of hydrogen-bond donors (Lipinski definition) is 0. The van der Waals surface area contributed by atoms with Crippen molar-refractivity contribution in [2.45, 2.75) is 6.42 Å². The van der Waals surface area contributed by atoms with Gasteiger partial charge < -0.3 is 4.90 Å². The van der Waals surface area contributed by atoms with Crippen molar-refractivity contribution >= 4 is 45.1 Å². The third-order valence-electron chi connectivity index (χ3n) is 5.20. The van der Waals surface area contributed by atoms with Crippen LogP contribution in [-0.2, 0) is 11.2 Å². The van der Waals surface area contributed by atoms with Crippen molar-refractivity contribution in [2.24, 2.45) is 0 Å². The average molecular weight is 463 g/mol. The molecular weight excluding hydrogens is 448 g/mol. The van der Waals surface area contributed by atoms with Crippen LogP contribution in [0.25, 0.3) is 10.5 Å². The Kier molecular flexibility index (Phi) is 4.96. The van der Waals surface area contributed by atoms with Gasteiger partial charge in [-0.1, -0.05) is 65.4 Å². The molecule has 0 unspecified atom stereocenters. The van der Waals surface area contributed by atoms with Crippen LogP contribution in [0.4, 0.5) is 5.69 Å². The van der Waals surface area contributed by atoms with Gasteiger partial charge in [-0.05, 0) is 17.7 Å². The molecule has 0 saturated heterocycles. The first kappa shape index (κ1) is 20.3. The van der Waals surface area contributed by atoms with Gasteiger partial charge in [0.25, 0.3) is 17.0 Å². The number of anilines is 1. The van der Waals surface area contributed by atoms with E-state index in [0.717, 1.165) is 15.9 Å². The van der Waals surface area contributed by atoms with Gasteiger partial charge in [0, 0.05) is 23.6 Å². The topological polar surface area (TPSA) is 84.6 Å². The van der Waals surface area contributed by atoms with E-state index in [-0.39, 0.29) is 33.1 Å². The Bertz CT molecular complexity index is 1590. The predicted molar refractivity (Wildman–Crippen MR) is 124 cm³/mol. The fraction of sp³-hybridized carbons (Fsp3) is 0.0870. The summed E-state index contributed by atoms with van der Waals surface area (Å²) < 4.78 is 1.29. The number of hydrogen-bond acceptors (Lipinski definition) is 6. The van der Waals surface area contributed by atoms with Crippen molar-refractivity contribution in [3.8, 4) is 0 Å². The lowest BCUT2D eigenvalue weighted by Gasteiger charge is -2.13. The van der Waals surface area contributed by atoms with Gasteiger partial charge in [0.15, 0.2) is 0 Å². The molecule has 0 N–H and O–H groups in total. The van der Waals surface area contributed by atoms with Crippen molar-refractivity contribution in [2.75, 3.05) is 11.4 Å². The van der Waals surface area contributed by atoms with Crippen LogP contribution in [0.15, 0.2) is 70.8 Å². The largest absolute Gasteiger partial charge is 0.304 e. The molecule has 2 aromatic carbocycles. The number of thiazole rings is 1. The summed E-state index contributed by atoms with van der Waals surface area (Å²) in [5.41, 5.74) is 1.43. The first-order chi connectivity index (χ1) is 15.5. The van der Waals surface area contributed by atoms with Crippen molar-refractivity contribution in [1.82, 2.24) is 14.6 Å². The highest BCUT2D eigenvalue weighted by Crippen LogP contribution is 2.34. The Labute approximate surface area is 190 Å². The van der Waals surface area contributed by atoms with E-state index in [4.69, 9.17) is 11.6 Å². The van der Waals surface area contributed by atoms with Crippen LogP contribution in [0.5, 0.6) is 0 Å². The Hall–Kier alpha value is -3.62. The highest BCUT2D eigenvalue weighted by atomic mass is 35.5. The zero-order chi connectivity index (χ0) is 22.4. The molecule has 4 aromatic rings. The maximum absolute atomic E-state index is 13.2. The summed E-state index contributed by atoms with van der Waals surface area (Å²) in [5.74, 6) is -0.297. The van der Waals surface area contributed by atoms with Crippen LogP contribution in [0.1, 0.15) is 16.8 Å². The molecule has 0 fully saturated rings. The number of aromatic nitrogens is 3. The van der Waals surface area contributed by atoms with E-state index < -0.39 is 11.1 Å². The van der Waals surface area contributed by atoms with Gasteiger partial charge in [-0.3, -0.25) is 14.4 Å². The second-order valence-electron chi connectivity index (χ2n) is 7.16. The second kappa shape index (κ2) is 7.81. The summed E-state index contributed by atoms with van der Waals surface area (Å²) in [7, 11) is 0. The Balaban J connectivity index is 1.73. The van der Waals surface area contributed by atoms with Gasteiger partial charge >= 0.3 is 0 Å². The minimum absolute atomic E-state index is 0.105. The maximum Gasteiger partial charge on any atom is 0.296 e. The zero-order valence-corrected chi connectivity index (χ0v) is 18.2. The number of fused-ring (bicyclic) bond motifs is 2. The van der Waals surface area contributed by atoms with E-state index in [1.807, 2.05) is 18.2 Å². The number of nitrogens with zero attached hydrogens (tertiary/aromatic N) is 4. The van der Waals surface area contributed by atoms with E-state index in [1.165, 1.54) is 0 Å². The van der Waals surface area contributed by atoms with Crippen molar-refractivity contribution in [3.63, 3.8) is 0 Å². The minimum atomic E-state index is -0.533. The maximum atomic E-state index is 13.2. The van der Waals surface area contributed by atoms with Gasteiger partial charge in [0.2, 0.25) is 4.96 Å². The van der Waals surface area contributed by atoms with Gasteiger partial charge in [-0.15, -0.1) is 6.58 Å². The normalized spacial score (nSPS) is 14.8. The average Bonchev–Trinajstić information content (AvgIpc) is 3.24.